The van der Waals surface area contributed by atoms with E-state index in [-0.39, 0.29) is 17.0 Å². The average molecular weight is 361 g/mol. The van der Waals surface area contributed by atoms with Crippen molar-refractivity contribution in [1.82, 2.24) is 0 Å². The lowest BCUT2D eigenvalue weighted by atomic mass is 10.0. The number of carbonyl (C=O) groups is 2. The number of nitrogens with zero attached hydrogens (tertiary/aromatic N) is 1. The summed E-state index contributed by atoms with van der Waals surface area (Å²) in [5.41, 5.74) is 1.38. The third-order valence-corrected chi connectivity index (χ3v) is 4.84. The van der Waals surface area contributed by atoms with Crippen LogP contribution in [-0.4, -0.2) is 40.1 Å². The highest BCUT2D eigenvalue weighted by molar-refractivity contribution is 7.92. The first-order valence-corrected chi connectivity index (χ1v) is 9.34. The number of hydrogen-bond donors (Lipinski definition) is 0. The first kappa shape index (κ1) is 18.7. The van der Waals surface area contributed by atoms with Gasteiger partial charge in [-0.25, -0.2) is 13.2 Å². The quantitative estimate of drug-likeness (QED) is 0.583. The fraction of sp³-hybridized carbons (Fsp3) is 0.222. The highest BCUT2D eigenvalue weighted by Crippen LogP contribution is 2.24. The van der Waals surface area contributed by atoms with Gasteiger partial charge in [-0.3, -0.25) is 9.10 Å². The number of ketones is 1. The summed E-state index contributed by atoms with van der Waals surface area (Å²) in [6.07, 6.45) is 0.992. The third kappa shape index (κ3) is 4.24. The van der Waals surface area contributed by atoms with E-state index in [4.69, 9.17) is 4.74 Å². The van der Waals surface area contributed by atoms with E-state index >= 15 is 0 Å². The molecule has 0 aliphatic heterocycles. The van der Waals surface area contributed by atoms with Crippen LogP contribution in [0.3, 0.4) is 0 Å². The second-order valence-electron chi connectivity index (χ2n) is 5.52. The first-order chi connectivity index (χ1) is 11.8. The number of benzene rings is 2. The van der Waals surface area contributed by atoms with Gasteiger partial charge in [-0.05, 0) is 24.6 Å². The molecule has 0 aromatic heterocycles. The zero-order valence-corrected chi connectivity index (χ0v) is 15.0. The number of hydrogen-bond acceptors (Lipinski definition) is 5. The SMILES string of the molecule is COC(=O)c1ccccc1N(CC(=O)c1ccccc1C)S(C)(=O)=O. The van der Waals surface area contributed by atoms with Crippen molar-refractivity contribution in [1.29, 1.82) is 0 Å². The number of sulfonamides is 1. The van der Waals surface area contributed by atoms with E-state index in [9.17, 15) is 18.0 Å². The summed E-state index contributed by atoms with van der Waals surface area (Å²) in [7, 11) is -2.58. The molecule has 0 atom stereocenters. The Morgan fingerprint density at radius 1 is 1.00 bits per heavy atom. The van der Waals surface area contributed by atoms with Crippen molar-refractivity contribution < 1.29 is 22.7 Å². The summed E-state index contributed by atoms with van der Waals surface area (Å²) in [6.45, 7) is 1.37. The molecular formula is C18H19NO5S. The number of aryl methyl sites for hydroxylation is 1. The summed E-state index contributed by atoms with van der Waals surface area (Å²) in [5.74, 6) is -1.03. The topological polar surface area (TPSA) is 80.8 Å². The highest BCUT2D eigenvalue weighted by atomic mass is 32.2. The number of methoxy groups -OCH3 is 1. The van der Waals surface area contributed by atoms with Crippen LogP contribution in [0.2, 0.25) is 0 Å². The minimum atomic E-state index is -3.79. The zero-order chi connectivity index (χ0) is 18.6. The van der Waals surface area contributed by atoms with Crippen LogP contribution >= 0.6 is 0 Å². The number of anilines is 1. The highest BCUT2D eigenvalue weighted by Gasteiger charge is 2.26. The number of esters is 1. The standard InChI is InChI=1S/C18H19NO5S/c1-13-8-4-5-9-14(13)17(20)12-19(25(3,22)23)16-11-7-6-10-15(16)18(21)24-2/h4-11H,12H2,1-3H3. The molecule has 25 heavy (non-hydrogen) atoms. The lowest BCUT2D eigenvalue weighted by molar-refractivity contribution is 0.0601. The van der Waals surface area contributed by atoms with Gasteiger partial charge in [0, 0.05) is 5.56 Å². The second-order valence-corrected chi connectivity index (χ2v) is 7.42. The summed E-state index contributed by atoms with van der Waals surface area (Å²) in [6, 6.07) is 13.1. The third-order valence-electron chi connectivity index (χ3n) is 3.71. The molecular weight excluding hydrogens is 342 g/mol. The Kier molecular flexibility index (Phi) is 5.58. The number of rotatable bonds is 6. The van der Waals surface area contributed by atoms with Crippen molar-refractivity contribution in [2.75, 3.05) is 24.2 Å². The average Bonchev–Trinajstić information content (AvgIpc) is 2.58. The van der Waals surface area contributed by atoms with Crippen LogP contribution in [0.1, 0.15) is 26.3 Å². The fourth-order valence-corrected chi connectivity index (χ4v) is 3.32. The van der Waals surface area contributed by atoms with Gasteiger partial charge in [0.15, 0.2) is 5.78 Å². The molecule has 0 radical (unpaired) electrons. The molecule has 0 fully saturated rings. The van der Waals surface area contributed by atoms with Crippen LogP contribution < -0.4 is 4.31 Å². The van der Waals surface area contributed by atoms with Gasteiger partial charge in [0.05, 0.1) is 31.2 Å². The van der Waals surface area contributed by atoms with Crippen LogP contribution in [-0.2, 0) is 14.8 Å². The Labute approximate surface area is 147 Å². The maximum Gasteiger partial charge on any atom is 0.340 e. The Morgan fingerprint density at radius 3 is 2.12 bits per heavy atom. The maximum atomic E-state index is 12.6. The van der Waals surface area contributed by atoms with Gasteiger partial charge in [0.25, 0.3) is 0 Å². The van der Waals surface area contributed by atoms with Crippen LogP contribution in [0, 0.1) is 6.92 Å². The molecule has 0 aliphatic rings. The van der Waals surface area contributed by atoms with Crippen LogP contribution in [0.4, 0.5) is 5.69 Å². The van der Waals surface area contributed by atoms with Crippen molar-refractivity contribution in [2.45, 2.75) is 6.92 Å². The molecule has 7 heteroatoms. The van der Waals surface area contributed by atoms with E-state index in [1.165, 1.54) is 19.2 Å². The molecule has 0 saturated heterocycles. The molecule has 2 aromatic carbocycles. The predicted octanol–water partition coefficient (Wildman–Crippen LogP) is 2.43. The zero-order valence-electron chi connectivity index (χ0n) is 14.2. The van der Waals surface area contributed by atoms with Gasteiger partial charge >= 0.3 is 5.97 Å². The molecule has 2 aromatic rings. The molecule has 0 amide bonds. The van der Waals surface area contributed by atoms with Crippen LogP contribution in [0.5, 0.6) is 0 Å². The Morgan fingerprint density at radius 2 is 1.56 bits per heavy atom. The largest absolute Gasteiger partial charge is 0.465 e. The van der Waals surface area contributed by atoms with Gasteiger partial charge in [-0.15, -0.1) is 0 Å². The number of para-hydroxylation sites is 1. The minimum absolute atomic E-state index is 0.0769. The van der Waals surface area contributed by atoms with Gasteiger partial charge in [0.1, 0.15) is 0 Å². The van der Waals surface area contributed by atoms with E-state index in [0.29, 0.717) is 5.56 Å². The number of ether oxygens (including phenoxy) is 1. The summed E-state index contributed by atoms with van der Waals surface area (Å²) >= 11 is 0. The monoisotopic (exact) mass is 361 g/mol. The van der Waals surface area contributed by atoms with E-state index in [1.54, 1.807) is 43.3 Å². The molecule has 0 spiro atoms. The predicted molar refractivity (Wildman–Crippen MR) is 95.5 cm³/mol. The Balaban J connectivity index is 2.48. The Hall–Kier alpha value is -2.67. The molecule has 2 rings (SSSR count). The molecule has 0 N–H and O–H groups in total. The first-order valence-electron chi connectivity index (χ1n) is 7.49. The molecule has 132 valence electrons. The molecule has 0 unspecified atom stereocenters. The summed E-state index contributed by atoms with van der Waals surface area (Å²) in [5, 5.41) is 0. The van der Waals surface area contributed by atoms with Crippen molar-refractivity contribution in [3.8, 4) is 0 Å². The van der Waals surface area contributed by atoms with Crippen molar-refractivity contribution in [2.24, 2.45) is 0 Å². The lowest BCUT2D eigenvalue weighted by Crippen LogP contribution is -2.36. The summed E-state index contributed by atoms with van der Waals surface area (Å²) in [4.78, 5) is 24.6. The van der Waals surface area contributed by atoms with Gasteiger partial charge in [-0.1, -0.05) is 36.4 Å². The van der Waals surface area contributed by atoms with Crippen molar-refractivity contribution >= 4 is 27.5 Å². The molecule has 0 aliphatic carbocycles. The van der Waals surface area contributed by atoms with E-state index < -0.39 is 22.5 Å². The molecule has 0 bridgehead atoms. The van der Waals surface area contributed by atoms with Gasteiger partial charge in [-0.2, -0.15) is 0 Å². The maximum absolute atomic E-state index is 12.6. The number of carbonyl (C=O) groups excluding carboxylic acids is 2. The van der Waals surface area contributed by atoms with Crippen LogP contribution in [0.15, 0.2) is 48.5 Å². The van der Waals surface area contributed by atoms with E-state index in [2.05, 4.69) is 0 Å². The fourth-order valence-electron chi connectivity index (χ4n) is 2.46. The molecule has 0 saturated carbocycles. The normalized spacial score (nSPS) is 11.0. The van der Waals surface area contributed by atoms with E-state index in [1.807, 2.05) is 0 Å². The Bertz CT molecular complexity index is 905. The second kappa shape index (κ2) is 7.48. The van der Waals surface area contributed by atoms with Crippen LogP contribution in [0.25, 0.3) is 0 Å². The molecule has 0 heterocycles. The van der Waals surface area contributed by atoms with E-state index in [0.717, 1.165) is 16.1 Å². The van der Waals surface area contributed by atoms with Gasteiger partial charge < -0.3 is 4.74 Å². The number of Topliss-reactive ketones (excluding diaryl/α,β-unsaturated/α-hetero) is 1. The van der Waals surface area contributed by atoms with Crippen molar-refractivity contribution in [3.05, 3.63) is 65.2 Å². The summed E-state index contributed by atoms with van der Waals surface area (Å²) < 4.78 is 30.2. The lowest BCUT2D eigenvalue weighted by Gasteiger charge is -2.23. The molecule has 6 nitrogen and oxygen atoms in total. The smallest absolute Gasteiger partial charge is 0.340 e. The van der Waals surface area contributed by atoms with Gasteiger partial charge in [0.2, 0.25) is 10.0 Å². The van der Waals surface area contributed by atoms with Crippen molar-refractivity contribution in [3.63, 3.8) is 0 Å². The minimum Gasteiger partial charge on any atom is -0.465 e.